The topological polar surface area (TPSA) is 193 Å². The van der Waals surface area contributed by atoms with Crippen LogP contribution in [0.2, 0.25) is 0 Å². The summed E-state index contributed by atoms with van der Waals surface area (Å²) in [6.07, 6.45) is 4.47. The van der Waals surface area contributed by atoms with Crippen LogP contribution >= 0.6 is 0 Å². The minimum absolute atomic E-state index is 0.0182. The van der Waals surface area contributed by atoms with Crippen molar-refractivity contribution < 1.29 is 44.2 Å². The second-order valence-electron chi connectivity index (χ2n) is 10.4. The van der Waals surface area contributed by atoms with Crippen molar-refractivity contribution in [2.24, 2.45) is 22.6 Å². The van der Waals surface area contributed by atoms with Crippen molar-refractivity contribution in [3.05, 3.63) is 59.7 Å². The van der Waals surface area contributed by atoms with E-state index in [0.717, 1.165) is 0 Å². The predicted octanol–water partition coefficient (Wildman–Crippen LogP) is 3.42. The minimum atomic E-state index is -1.14. The number of ether oxygens (including phenoxy) is 3. The molecule has 2 bridgehead atoms. The summed E-state index contributed by atoms with van der Waals surface area (Å²) >= 11 is 0. The minimum Gasteiger partial charge on any atom is -0.506 e. The summed E-state index contributed by atoms with van der Waals surface area (Å²) in [7, 11) is 2.83. The fourth-order valence-corrected chi connectivity index (χ4v) is 4.87. The number of rotatable bonds is 6. The monoisotopic (exact) mass is 601 g/mol. The fourth-order valence-electron chi connectivity index (χ4n) is 4.87. The molecule has 0 fully saturated rings. The average molecular weight is 602 g/mol. The Morgan fingerprint density at radius 2 is 1.95 bits per heavy atom. The summed E-state index contributed by atoms with van der Waals surface area (Å²) < 4.78 is 16.4. The molecule has 0 aromatic heterocycles. The van der Waals surface area contributed by atoms with Gasteiger partial charge in [-0.25, -0.2) is 4.79 Å². The van der Waals surface area contributed by atoms with Gasteiger partial charge in [-0.3, -0.25) is 9.79 Å². The first kappa shape index (κ1) is 35.2. The number of aromatic hydroxyl groups is 2. The van der Waals surface area contributed by atoms with E-state index < -0.39 is 48.9 Å². The zero-order valence-corrected chi connectivity index (χ0v) is 25.2. The lowest BCUT2D eigenvalue weighted by Gasteiger charge is -2.30. The number of hydrogen-bond acceptors (Lipinski definition) is 10. The number of carbonyl (C=O) groups is 2. The zero-order chi connectivity index (χ0) is 32.3. The quantitative estimate of drug-likeness (QED) is 0.123. The third-order valence-corrected chi connectivity index (χ3v) is 7.16. The molecule has 0 aliphatic carbocycles. The molecule has 12 heteroatoms. The number of aliphatic imine (C=N–C) groups is 1. The van der Waals surface area contributed by atoms with Crippen molar-refractivity contribution in [2.75, 3.05) is 26.1 Å². The second kappa shape index (κ2) is 16.6. The Bertz CT molecular complexity index is 1270. The van der Waals surface area contributed by atoms with Crippen LogP contribution in [-0.4, -0.2) is 83.9 Å². The summed E-state index contributed by atoms with van der Waals surface area (Å²) in [5.74, 6) is -1.90. The first-order chi connectivity index (χ1) is 20.4. The van der Waals surface area contributed by atoms with Gasteiger partial charge in [0.25, 0.3) is 5.91 Å². The highest BCUT2D eigenvalue weighted by molar-refractivity contribution is 6.04. The van der Waals surface area contributed by atoms with Gasteiger partial charge in [-0.2, -0.15) is 0 Å². The van der Waals surface area contributed by atoms with Gasteiger partial charge in [-0.05, 0) is 31.3 Å². The standard InChI is InChI=1S/C31H43N3O9/c1-7-11-33-26-21-12-17(2)13-25(42-6)27(37)19(4)14-20(16-35)29(43-31(32)40)24(41-5)10-8-9-18(3)30(39)34-22(28(21)38)15-23(26)36/h7-11,14-15,17,19,24-25,27,29,35-38H,1,12-13,16H2,2-6H3,(H2,32,40)(H,34,39)/t17-,19+,24+,25+,27-,29+/m1/s1. The van der Waals surface area contributed by atoms with Crippen molar-refractivity contribution in [3.8, 4) is 11.5 Å². The summed E-state index contributed by atoms with van der Waals surface area (Å²) in [5.41, 5.74) is 6.17. The molecule has 6 atom stereocenters. The van der Waals surface area contributed by atoms with Gasteiger partial charge in [0.1, 0.15) is 23.3 Å². The van der Waals surface area contributed by atoms with Gasteiger partial charge in [0.15, 0.2) is 6.10 Å². The van der Waals surface area contributed by atoms with Crippen LogP contribution in [0, 0.1) is 11.8 Å². The average Bonchev–Trinajstić information content (AvgIpc) is 2.96. The molecule has 0 saturated heterocycles. The second-order valence-corrected chi connectivity index (χ2v) is 10.4. The van der Waals surface area contributed by atoms with E-state index in [2.05, 4.69) is 16.9 Å². The number of phenolic OH excluding ortho intramolecular Hbond substituents is 2. The maximum Gasteiger partial charge on any atom is 0.405 e. The third-order valence-electron chi connectivity index (χ3n) is 7.16. The van der Waals surface area contributed by atoms with Gasteiger partial charge in [-0.15, -0.1) is 0 Å². The number of nitrogens with one attached hydrogen (secondary N) is 1. The molecule has 236 valence electrons. The van der Waals surface area contributed by atoms with E-state index in [-0.39, 0.29) is 51.9 Å². The Morgan fingerprint density at radius 1 is 1.26 bits per heavy atom. The molecule has 1 aromatic carbocycles. The Kier molecular flexibility index (Phi) is 13.6. The molecule has 0 spiro atoms. The molecular formula is C31H43N3O9. The van der Waals surface area contributed by atoms with Crippen LogP contribution in [0.4, 0.5) is 16.2 Å². The Labute approximate surface area is 251 Å². The smallest absolute Gasteiger partial charge is 0.405 e. The zero-order valence-electron chi connectivity index (χ0n) is 25.2. The normalized spacial score (nSPS) is 26.0. The molecule has 2 rings (SSSR count). The van der Waals surface area contributed by atoms with Gasteiger partial charge in [0.05, 0.1) is 24.5 Å². The molecule has 1 heterocycles. The van der Waals surface area contributed by atoms with Crippen LogP contribution in [0.5, 0.6) is 11.5 Å². The summed E-state index contributed by atoms with van der Waals surface area (Å²) in [6, 6.07) is 1.21. The highest BCUT2D eigenvalue weighted by Crippen LogP contribution is 2.44. The fraction of sp³-hybridized carbons (Fsp3) is 0.452. The van der Waals surface area contributed by atoms with E-state index >= 15 is 0 Å². The Hall–Kier alpha value is -3.97. The highest BCUT2D eigenvalue weighted by atomic mass is 16.6. The van der Waals surface area contributed by atoms with E-state index in [1.54, 1.807) is 13.0 Å². The van der Waals surface area contributed by atoms with Crippen LogP contribution in [0.1, 0.15) is 32.8 Å². The molecular weight excluding hydrogens is 558 g/mol. The van der Waals surface area contributed by atoms with Crippen molar-refractivity contribution >= 4 is 29.6 Å². The number of nitrogens with two attached hydrogens (primary N) is 1. The van der Waals surface area contributed by atoms with Crippen molar-refractivity contribution in [1.82, 2.24) is 0 Å². The molecule has 2 amide bonds. The number of carbonyl (C=O) groups excluding carboxylic acids is 2. The van der Waals surface area contributed by atoms with Crippen LogP contribution in [0.25, 0.3) is 0 Å². The lowest BCUT2D eigenvalue weighted by molar-refractivity contribution is -0.112. The van der Waals surface area contributed by atoms with E-state index in [9.17, 15) is 30.0 Å². The molecule has 0 saturated carbocycles. The SMILES string of the molecule is C=CC=Nc1c(O)cc2c(O)c1C[C@@H](C)C[C@H](OC)[C@H](O)[C@@H](C)C=C(CO)[C@H](OC(N)=O)[C@@H](OC)C=CC=C(C)C(=O)N2. The number of allylic oxidation sites excluding steroid dienone is 3. The number of anilines is 1. The number of methoxy groups -OCH3 is 2. The summed E-state index contributed by atoms with van der Waals surface area (Å²) in [6.45, 7) is 8.21. The first-order valence-corrected chi connectivity index (χ1v) is 13.8. The largest absolute Gasteiger partial charge is 0.506 e. The van der Waals surface area contributed by atoms with Gasteiger partial charge in [-0.1, -0.05) is 50.8 Å². The molecule has 1 aliphatic rings. The van der Waals surface area contributed by atoms with Crippen molar-refractivity contribution in [1.29, 1.82) is 0 Å². The lowest BCUT2D eigenvalue weighted by Crippen LogP contribution is -2.38. The molecule has 1 aromatic rings. The number of aliphatic hydroxyl groups excluding tert-OH is 2. The van der Waals surface area contributed by atoms with Crippen molar-refractivity contribution in [3.63, 3.8) is 0 Å². The van der Waals surface area contributed by atoms with Crippen molar-refractivity contribution in [2.45, 2.75) is 58.0 Å². The van der Waals surface area contributed by atoms with Gasteiger partial charge in [0.2, 0.25) is 0 Å². The number of benzene rings is 1. The van der Waals surface area contributed by atoms with Gasteiger partial charge >= 0.3 is 6.09 Å². The molecule has 0 unspecified atom stereocenters. The molecule has 7 N–H and O–H groups in total. The first-order valence-electron chi connectivity index (χ1n) is 13.8. The van der Waals surface area contributed by atoms with E-state index in [4.69, 9.17) is 19.9 Å². The Morgan fingerprint density at radius 3 is 2.53 bits per heavy atom. The molecule has 12 nitrogen and oxygen atoms in total. The van der Waals surface area contributed by atoms with E-state index in [1.165, 1.54) is 57.7 Å². The number of nitrogens with zero attached hydrogens (tertiary/aromatic N) is 1. The van der Waals surface area contributed by atoms with Crippen LogP contribution in [-0.2, 0) is 25.4 Å². The van der Waals surface area contributed by atoms with E-state index in [0.29, 0.717) is 6.42 Å². The Balaban J connectivity index is 2.72. The number of phenols is 2. The lowest BCUT2D eigenvalue weighted by atomic mass is 9.87. The number of fused-ring (bicyclic) bond motifs is 2. The van der Waals surface area contributed by atoms with E-state index in [1.807, 2.05) is 6.92 Å². The third kappa shape index (κ3) is 9.52. The summed E-state index contributed by atoms with van der Waals surface area (Å²) in [5, 5.41) is 46.1. The number of amides is 2. The predicted molar refractivity (Wildman–Crippen MR) is 164 cm³/mol. The number of primary amides is 1. The molecule has 43 heavy (non-hydrogen) atoms. The van der Waals surface area contributed by atoms with Crippen LogP contribution in [0.15, 0.2) is 59.2 Å². The number of aliphatic hydroxyl groups is 2. The maximum atomic E-state index is 13.0. The number of hydrogen-bond donors (Lipinski definition) is 6. The maximum absolute atomic E-state index is 13.0. The van der Waals surface area contributed by atoms with Crippen LogP contribution < -0.4 is 11.1 Å². The van der Waals surface area contributed by atoms with Gasteiger partial charge in [0, 0.05) is 43.6 Å². The summed E-state index contributed by atoms with van der Waals surface area (Å²) in [4.78, 5) is 29.0. The van der Waals surface area contributed by atoms with Gasteiger partial charge < -0.3 is 45.7 Å². The highest BCUT2D eigenvalue weighted by Gasteiger charge is 2.31. The molecule has 1 aliphatic heterocycles. The molecule has 0 radical (unpaired) electrons. The van der Waals surface area contributed by atoms with Crippen LogP contribution in [0.3, 0.4) is 0 Å².